The van der Waals surface area contributed by atoms with Gasteiger partial charge in [0.25, 0.3) is 0 Å². The summed E-state index contributed by atoms with van der Waals surface area (Å²) < 4.78 is 32.3. The van der Waals surface area contributed by atoms with Crippen LogP contribution in [0.5, 0.6) is 0 Å². The molecule has 6 nitrogen and oxygen atoms in total. The molecular formula is C22H24N2O4S. The molecule has 0 unspecified atom stereocenters. The van der Waals surface area contributed by atoms with Crippen molar-refractivity contribution in [1.82, 2.24) is 4.31 Å². The van der Waals surface area contributed by atoms with Crippen LogP contribution in [0, 0.1) is 13.8 Å². The number of benzene rings is 2. The molecule has 1 aliphatic rings. The lowest BCUT2D eigenvalue weighted by Gasteiger charge is -2.15. The monoisotopic (exact) mass is 412 g/mol. The summed E-state index contributed by atoms with van der Waals surface area (Å²) >= 11 is 0. The number of aryl methyl sites for hydroxylation is 2. The molecule has 3 aromatic rings. The fourth-order valence-electron chi connectivity index (χ4n) is 3.64. The summed E-state index contributed by atoms with van der Waals surface area (Å²) in [5.41, 5.74) is 4.46. The van der Waals surface area contributed by atoms with Crippen molar-refractivity contribution in [3.05, 3.63) is 59.4 Å². The van der Waals surface area contributed by atoms with Gasteiger partial charge in [0.15, 0.2) is 0 Å². The van der Waals surface area contributed by atoms with Gasteiger partial charge >= 0.3 is 0 Å². The van der Waals surface area contributed by atoms with Crippen LogP contribution in [-0.2, 0) is 21.2 Å². The van der Waals surface area contributed by atoms with Gasteiger partial charge in [0, 0.05) is 29.7 Å². The first-order valence-electron chi connectivity index (χ1n) is 9.72. The van der Waals surface area contributed by atoms with E-state index in [0.29, 0.717) is 18.8 Å². The van der Waals surface area contributed by atoms with Crippen LogP contribution in [0.1, 0.15) is 29.5 Å². The summed E-state index contributed by atoms with van der Waals surface area (Å²) in [6.45, 7) is 5.19. The van der Waals surface area contributed by atoms with Crippen LogP contribution in [0.25, 0.3) is 11.0 Å². The Labute approximate surface area is 170 Å². The fraction of sp³-hybridized carbons (Fsp3) is 0.318. The number of hydrogen-bond donors (Lipinski definition) is 1. The van der Waals surface area contributed by atoms with Crippen molar-refractivity contribution in [3.8, 4) is 0 Å². The predicted molar refractivity (Wildman–Crippen MR) is 112 cm³/mol. The lowest BCUT2D eigenvalue weighted by Crippen LogP contribution is -2.27. The number of furan rings is 1. The van der Waals surface area contributed by atoms with Crippen LogP contribution in [-0.4, -0.2) is 31.7 Å². The molecule has 1 amide bonds. The number of carbonyl (C=O) groups excluding carboxylic acids is 1. The molecule has 0 saturated carbocycles. The molecule has 1 N–H and O–H groups in total. The highest BCUT2D eigenvalue weighted by Gasteiger charge is 2.26. The van der Waals surface area contributed by atoms with Crippen molar-refractivity contribution in [2.24, 2.45) is 0 Å². The van der Waals surface area contributed by atoms with Crippen molar-refractivity contribution >= 4 is 32.6 Å². The van der Waals surface area contributed by atoms with E-state index >= 15 is 0 Å². The number of nitrogens with one attached hydrogen (secondary N) is 1. The minimum Gasteiger partial charge on any atom is -0.464 e. The Morgan fingerprint density at radius 3 is 2.41 bits per heavy atom. The zero-order valence-electron chi connectivity index (χ0n) is 16.6. The molecule has 0 atom stereocenters. The molecule has 1 aliphatic heterocycles. The number of carbonyl (C=O) groups is 1. The number of sulfonamides is 1. The molecule has 0 spiro atoms. The third kappa shape index (κ3) is 3.93. The molecule has 29 heavy (non-hydrogen) atoms. The van der Waals surface area contributed by atoms with Crippen LogP contribution in [0.3, 0.4) is 0 Å². The van der Waals surface area contributed by atoms with Crippen molar-refractivity contribution in [1.29, 1.82) is 0 Å². The number of anilines is 1. The summed E-state index contributed by atoms with van der Waals surface area (Å²) in [7, 11) is -3.45. The zero-order valence-corrected chi connectivity index (χ0v) is 17.4. The van der Waals surface area contributed by atoms with Gasteiger partial charge in [0.2, 0.25) is 15.9 Å². The van der Waals surface area contributed by atoms with Gasteiger partial charge < -0.3 is 9.73 Å². The van der Waals surface area contributed by atoms with E-state index in [1.54, 1.807) is 30.5 Å². The van der Waals surface area contributed by atoms with E-state index in [4.69, 9.17) is 4.42 Å². The molecule has 0 bridgehead atoms. The van der Waals surface area contributed by atoms with E-state index in [0.717, 1.165) is 40.5 Å². The van der Waals surface area contributed by atoms with E-state index < -0.39 is 10.0 Å². The van der Waals surface area contributed by atoms with Crippen LogP contribution in [0.15, 0.2) is 52.0 Å². The van der Waals surface area contributed by atoms with Crippen molar-refractivity contribution in [2.45, 2.75) is 38.0 Å². The van der Waals surface area contributed by atoms with Crippen LogP contribution >= 0.6 is 0 Å². The van der Waals surface area contributed by atoms with E-state index in [2.05, 4.69) is 5.32 Å². The normalized spacial score (nSPS) is 15.1. The standard InChI is InChI=1S/C22H24N2O4S/c1-15-11-20-17(14-28-21(20)12-16(15)2)13-22(25)23-18-5-7-19(8-6-18)29(26,27)24-9-3-4-10-24/h5-8,11-12,14H,3-4,9-10,13H2,1-2H3,(H,23,25). The highest BCUT2D eigenvalue weighted by molar-refractivity contribution is 7.89. The van der Waals surface area contributed by atoms with Gasteiger partial charge in [-0.2, -0.15) is 4.31 Å². The first-order chi connectivity index (χ1) is 13.8. The number of nitrogens with zero attached hydrogens (tertiary/aromatic N) is 1. The average Bonchev–Trinajstić information content (AvgIpc) is 3.34. The maximum Gasteiger partial charge on any atom is 0.243 e. The minimum atomic E-state index is -3.45. The van der Waals surface area contributed by atoms with Gasteiger partial charge in [-0.3, -0.25) is 4.79 Å². The predicted octanol–water partition coefficient (Wildman–Crippen LogP) is 4.02. The highest BCUT2D eigenvalue weighted by atomic mass is 32.2. The Kier molecular flexibility index (Phi) is 5.19. The molecule has 0 aliphatic carbocycles. The number of fused-ring (bicyclic) bond motifs is 1. The summed E-state index contributed by atoms with van der Waals surface area (Å²) in [6, 6.07) is 10.4. The quantitative estimate of drug-likeness (QED) is 0.687. The Balaban J connectivity index is 1.46. The largest absolute Gasteiger partial charge is 0.464 e. The van der Waals surface area contributed by atoms with E-state index in [-0.39, 0.29) is 17.2 Å². The van der Waals surface area contributed by atoms with Gasteiger partial charge in [-0.1, -0.05) is 0 Å². The maximum atomic E-state index is 12.6. The summed E-state index contributed by atoms with van der Waals surface area (Å²) in [6.07, 6.45) is 3.60. The maximum absolute atomic E-state index is 12.6. The lowest BCUT2D eigenvalue weighted by molar-refractivity contribution is -0.115. The van der Waals surface area contributed by atoms with E-state index in [1.165, 1.54) is 4.31 Å². The molecular weight excluding hydrogens is 388 g/mol. The molecule has 152 valence electrons. The van der Waals surface area contributed by atoms with E-state index in [1.807, 2.05) is 26.0 Å². The number of rotatable bonds is 5. The van der Waals surface area contributed by atoms with Gasteiger partial charge in [-0.25, -0.2) is 8.42 Å². The van der Waals surface area contributed by atoms with Gasteiger partial charge in [-0.15, -0.1) is 0 Å². The smallest absolute Gasteiger partial charge is 0.243 e. The Morgan fingerprint density at radius 2 is 1.72 bits per heavy atom. The van der Waals surface area contributed by atoms with Crippen LogP contribution in [0.4, 0.5) is 5.69 Å². The molecule has 2 heterocycles. The van der Waals surface area contributed by atoms with Crippen LogP contribution < -0.4 is 5.32 Å². The van der Waals surface area contributed by atoms with Gasteiger partial charge in [0.05, 0.1) is 17.6 Å². The van der Waals surface area contributed by atoms with E-state index in [9.17, 15) is 13.2 Å². The lowest BCUT2D eigenvalue weighted by atomic mass is 10.0. The molecule has 2 aromatic carbocycles. The average molecular weight is 413 g/mol. The Bertz CT molecular complexity index is 1160. The number of hydrogen-bond acceptors (Lipinski definition) is 4. The topological polar surface area (TPSA) is 79.6 Å². The zero-order chi connectivity index (χ0) is 20.6. The van der Waals surface area contributed by atoms with Gasteiger partial charge in [0.1, 0.15) is 5.58 Å². The highest BCUT2D eigenvalue weighted by Crippen LogP contribution is 2.26. The molecule has 4 rings (SSSR count). The molecule has 1 fully saturated rings. The van der Waals surface area contributed by atoms with Crippen molar-refractivity contribution in [2.75, 3.05) is 18.4 Å². The summed E-state index contributed by atoms with van der Waals surface area (Å²) in [4.78, 5) is 12.7. The molecule has 1 aromatic heterocycles. The first kappa shape index (κ1) is 19.7. The third-order valence-electron chi connectivity index (χ3n) is 5.46. The second-order valence-corrected chi connectivity index (χ2v) is 9.49. The second kappa shape index (κ2) is 7.65. The number of amides is 1. The van der Waals surface area contributed by atoms with Crippen molar-refractivity contribution in [3.63, 3.8) is 0 Å². The third-order valence-corrected chi connectivity index (χ3v) is 7.37. The Morgan fingerprint density at radius 1 is 1.07 bits per heavy atom. The Hall–Kier alpha value is -2.64. The second-order valence-electron chi connectivity index (χ2n) is 7.55. The molecule has 0 radical (unpaired) electrons. The van der Waals surface area contributed by atoms with Gasteiger partial charge in [-0.05, 0) is 74.2 Å². The molecule has 1 saturated heterocycles. The first-order valence-corrected chi connectivity index (χ1v) is 11.2. The summed E-state index contributed by atoms with van der Waals surface area (Å²) in [5.74, 6) is -0.180. The summed E-state index contributed by atoms with van der Waals surface area (Å²) in [5, 5.41) is 3.77. The van der Waals surface area contributed by atoms with Crippen molar-refractivity contribution < 1.29 is 17.6 Å². The molecule has 7 heteroatoms. The fourth-order valence-corrected chi connectivity index (χ4v) is 5.16. The minimum absolute atomic E-state index is 0.180. The van der Waals surface area contributed by atoms with Crippen LogP contribution in [0.2, 0.25) is 0 Å². The SMILES string of the molecule is Cc1cc2occ(CC(=O)Nc3ccc(S(=O)(=O)N4CCCC4)cc3)c2cc1C.